The summed E-state index contributed by atoms with van der Waals surface area (Å²) in [7, 11) is 5.97. The highest BCUT2D eigenvalue weighted by atomic mass is 16.7. The van der Waals surface area contributed by atoms with Crippen LogP contribution in [0, 0.1) is 0 Å². The molecule has 0 saturated carbocycles. The Labute approximate surface area is 583 Å². The van der Waals surface area contributed by atoms with E-state index in [1.807, 2.05) is 21.1 Å². The van der Waals surface area contributed by atoms with Gasteiger partial charge in [-0.25, -0.2) is 4.79 Å². The Morgan fingerprint density at radius 1 is 0.316 bits per heavy atom. The van der Waals surface area contributed by atoms with Gasteiger partial charge in [0.15, 0.2) is 6.10 Å². The number of carboxylic acids is 1. The molecule has 1 N–H and O–H groups in total. The van der Waals surface area contributed by atoms with Gasteiger partial charge in [0.05, 0.1) is 34.4 Å². The fourth-order valence-electron chi connectivity index (χ4n) is 9.95. The van der Waals surface area contributed by atoms with E-state index >= 15 is 0 Å². The van der Waals surface area contributed by atoms with Crippen molar-refractivity contribution in [3.63, 3.8) is 0 Å². The molecule has 0 radical (unpaired) electrons. The zero-order valence-corrected chi connectivity index (χ0v) is 61.3. The first-order valence-electron chi connectivity index (χ1n) is 37.9. The number of carbonyl (C=O) groups is 3. The van der Waals surface area contributed by atoms with Crippen LogP contribution in [0.1, 0.15) is 284 Å². The van der Waals surface area contributed by atoms with Crippen molar-refractivity contribution in [2.75, 3.05) is 47.5 Å². The van der Waals surface area contributed by atoms with Crippen LogP contribution in [0.2, 0.25) is 0 Å². The molecular formula is C86H140NO8+. The van der Waals surface area contributed by atoms with Crippen molar-refractivity contribution < 1.29 is 42.9 Å². The molecule has 0 aliphatic heterocycles. The quantitative estimate of drug-likeness (QED) is 0.0211. The average molecular weight is 1320 g/mol. The summed E-state index contributed by atoms with van der Waals surface area (Å²) in [5.41, 5.74) is 0. The van der Waals surface area contributed by atoms with Crippen molar-refractivity contribution >= 4 is 17.9 Å². The summed E-state index contributed by atoms with van der Waals surface area (Å²) < 4.78 is 23.0. The number of allylic oxidation sites excluding steroid dienone is 30. The molecule has 0 spiro atoms. The highest BCUT2D eigenvalue weighted by molar-refractivity contribution is 5.71. The number of nitrogens with zero attached hydrogens (tertiary/aromatic N) is 1. The zero-order chi connectivity index (χ0) is 69.0. The van der Waals surface area contributed by atoms with Gasteiger partial charge in [-0.2, -0.15) is 0 Å². The molecule has 2 atom stereocenters. The summed E-state index contributed by atoms with van der Waals surface area (Å²) in [5.74, 6) is -2.03. The Balaban J connectivity index is 4.16. The number of quaternary nitrogens is 1. The smallest absolute Gasteiger partial charge is 0.361 e. The maximum Gasteiger partial charge on any atom is 0.361 e. The lowest BCUT2D eigenvalue weighted by atomic mass is 10.0. The molecule has 536 valence electrons. The van der Waals surface area contributed by atoms with Gasteiger partial charge in [-0.05, 0) is 135 Å². The number of hydrogen-bond acceptors (Lipinski definition) is 7. The predicted octanol–water partition coefficient (Wildman–Crippen LogP) is 24.4. The van der Waals surface area contributed by atoms with E-state index in [1.165, 1.54) is 109 Å². The second-order valence-corrected chi connectivity index (χ2v) is 25.8. The minimum absolute atomic E-state index is 0.177. The van der Waals surface area contributed by atoms with Crippen LogP contribution in [0.15, 0.2) is 182 Å². The van der Waals surface area contributed by atoms with Crippen LogP contribution in [0.4, 0.5) is 0 Å². The first-order chi connectivity index (χ1) is 46.6. The first kappa shape index (κ1) is 89.4. The summed E-state index contributed by atoms with van der Waals surface area (Å²) in [5, 5.41) is 9.76. The van der Waals surface area contributed by atoms with Gasteiger partial charge in [-0.15, -0.1) is 0 Å². The summed E-state index contributed by atoms with van der Waals surface area (Å²) in [4.78, 5) is 37.7. The first-order valence-corrected chi connectivity index (χ1v) is 37.9. The van der Waals surface area contributed by atoms with Crippen LogP contribution >= 0.6 is 0 Å². The molecule has 9 nitrogen and oxygen atoms in total. The van der Waals surface area contributed by atoms with Crippen LogP contribution < -0.4 is 0 Å². The highest BCUT2D eigenvalue weighted by Gasteiger charge is 2.25. The van der Waals surface area contributed by atoms with Gasteiger partial charge in [0.1, 0.15) is 13.2 Å². The monoisotopic (exact) mass is 1320 g/mol. The molecule has 0 aromatic heterocycles. The van der Waals surface area contributed by atoms with E-state index in [0.717, 1.165) is 141 Å². The molecule has 0 aromatic carbocycles. The fraction of sp³-hybridized carbons (Fsp3) is 0.616. The molecule has 0 saturated heterocycles. The fourth-order valence-corrected chi connectivity index (χ4v) is 9.95. The normalized spacial score (nSPS) is 13.7. The van der Waals surface area contributed by atoms with Gasteiger partial charge in [0, 0.05) is 12.8 Å². The summed E-state index contributed by atoms with van der Waals surface area (Å²) in [6, 6.07) is 0. The number of unbranched alkanes of at least 4 members (excludes halogenated alkanes) is 23. The number of esters is 2. The van der Waals surface area contributed by atoms with Gasteiger partial charge in [0.25, 0.3) is 6.29 Å². The highest BCUT2D eigenvalue weighted by Crippen LogP contribution is 2.17. The number of rotatable bonds is 68. The maximum atomic E-state index is 13.0. The largest absolute Gasteiger partial charge is 0.477 e. The summed E-state index contributed by atoms with van der Waals surface area (Å²) in [6.07, 6.45) is 110. The second-order valence-electron chi connectivity index (χ2n) is 25.8. The van der Waals surface area contributed by atoms with Gasteiger partial charge < -0.3 is 28.5 Å². The van der Waals surface area contributed by atoms with Crippen molar-refractivity contribution in [1.29, 1.82) is 0 Å². The number of carbonyl (C=O) groups excluding carboxylic acids is 2. The van der Waals surface area contributed by atoms with E-state index < -0.39 is 24.3 Å². The topological polar surface area (TPSA) is 108 Å². The van der Waals surface area contributed by atoms with E-state index in [0.29, 0.717) is 23.9 Å². The molecule has 0 bridgehead atoms. The zero-order valence-electron chi connectivity index (χ0n) is 61.3. The van der Waals surface area contributed by atoms with E-state index in [-0.39, 0.29) is 32.2 Å². The lowest BCUT2D eigenvalue weighted by Crippen LogP contribution is -2.40. The second kappa shape index (κ2) is 74.2. The number of hydrogen-bond donors (Lipinski definition) is 1. The van der Waals surface area contributed by atoms with E-state index in [4.69, 9.17) is 18.9 Å². The minimum Gasteiger partial charge on any atom is -0.477 e. The molecule has 0 amide bonds. The molecular weight excluding hydrogens is 1170 g/mol. The summed E-state index contributed by atoms with van der Waals surface area (Å²) in [6.45, 7) is 4.64. The van der Waals surface area contributed by atoms with Crippen molar-refractivity contribution in [3.8, 4) is 0 Å². The lowest BCUT2D eigenvalue weighted by Gasteiger charge is -2.25. The van der Waals surface area contributed by atoms with E-state index in [2.05, 4.69) is 196 Å². The Morgan fingerprint density at radius 2 is 0.568 bits per heavy atom. The van der Waals surface area contributed by atoms with Crippen molar-refractivity contribution in [2.24, 2.45) is 0 Å². The number of likely N-dealkylation sites (N-methyl/N-ethyl adjacent to an activating group) is 1. The molecule has 0 heterocycles. The Kier molecular flexibility index (Phi) is 69.8. The van der Waals surface area contributed by atoms with Gasteiger partial charge >= 0.3 is 17.9 Å². The van der Waals surface area contributed by atoms with Crippen molar-refractivity contribution in [1.82, 2.24) is 0 Å². The molecule has 0 aromatic rings. The van der Waals surface area contributed by atoms with Crippen LogP contribution in [0.5, 0.6) is 0 Å². The molecule has 95 heavy (non-hydrogen) atoms. The number of carboxylic acid groups (broad SMARTS) is 1. The molecule has 0 aliphatic carbocycles. The molecule has 2 unspecified atom stereocenters. The van der Waals surface area contributed by atoms with Crippen molar-refractivity contribution in [3.05, 3.63) is 182 Å². The standard InChI is InChI=1S/C86H139NO8/c1-6-8-10-12-14-16-18-20-22-24-26-28-30-32-34-36-37-38-39-40-41-42-43-44-45-46-47-49-51-53-55-57-59-61-63-65-67-69-71-73-75-77-84(89)95-82(81-94-86(85(90)91)92-79-78-87(3,4)5)80-93-83(88)76-74-72-70-68-66-64-62-60-58-56-54-52-50-48-35-33-31-29-27-25-23-21-19-17-15-13-11-9-7-2/h8-11,14-17,20-23,26-29,32,34,37-38,40-41,43-44,46-47,51,53,57,59,82,86H,6-7,12-13,18-19,24-25,30-31,33,35-36,39,42,45,48-50,52,54-56,58,60-81H2,1-5H3/p+1/b10-8-,11-9-,16-14-,17-15-,22-20-,23-21-,28-26-,29-27-,34-32-,38-37-,41-40-,44-43-,47-46-,53-51-,59-57-. The molecule has 0 rings (SSSR count). The third-order valence-electron chi connectivity index (χ3n) is 15.7. The third kappa shape index (κ3) is 75.6. The van der Waals surface area contributed by atoms with Gasteiger partial charge in [0.2, 0.25) is 0 Å². The SMILES string of the molecule is CC/C=C\C/C=C\C/C=C\C/C=C\C/C=C\C/C=C\C/C=C\C/C=C\C/C=C\C/C=C\C/C=C\CCCCCCCCCC(=O)OC(COC(=O)CCCCCCCCCCCCCCCCCC/C=C\C/C=C\C/C=C\C/C=C\CC)COC(OCC[N+](C)(C)C)C(=O)O. The maximum absolute atomic E-state index is 13.0. The predicted molar refractivity (Wildman–Crippen MR) is 409 cm³/mol. The lowest BCUT2D eigenvalue weighted by molar-refractivity contribution is -0.870. The van der Waals surface area contributed by atoms with Crippen LogP contribution in [-0.2, 0) is 33.3 Å². The minimum atomic E-state index is -1.53. The van der Waals surface area contributed by atoms with Gasteiger partial charge in [-0.3, -0.25) is 9.59 Å². The Hall–Kier alpha value is -5.61. The van der Waals surface area contributed by atoms with Gasteiger partial charge in [-0.1, -0.05) is 318 Å². The number of aliphatic carboxylic acids is 1. The molecule has 9 heteroatoms. The molecule has 0 aliphatic rings. The van der Waals surface area contributed by atoms with E-state index in [1.54, 1.807) is 0 Å². The third-order valence-corrected chi connectivity index (χ3v) is 15.7. The summed E-state index contributed by atoms with van der Waals surface area (Å²) >= 11 is 0. The average Bonchev–Trinajstić information content (AvgIpc) is 3.54. The number of ether oxygens (including phenoxy) is 4. The van der Waals surface area contributed by atoms with Crippen LogP contribution in [0.25, 0.3) is 0 Å². The van der Waals surface area contributed by atoms with E-state index in [9.17, 15) is 19.5 Å². The van der Waals surface area contributed by atoms with Crippen molar-refractivity contribution in [2.45, 2.75) is 296 Å². The van der Waals surface area contributed by atoms with Crippen LogP contribution in [-0.4, -0.2) is 87.4 Å². The Morgan fingerprint density at radius 3 is 0.842 bits per heavy atom. The molecule has 0 fully saturated rings. The van der Waals surface area contributed by atoms with Crippen LogP contribution in [0.3, 0.4) is 0 Å². The Bertz CT molecular complexity index is 2220.